The van der Waals surface area contributed by atoms with E-state index in [1.165, 1.54) is 44.9 Å². The van der Waals surface area contributed by atoms with Gasteiger partial charge < -0.3 is 9.90 Å². The molecular formula is C26H44O3. The average molecular weight is 405 g/mol. The van der Waals surface area contributed by atoms with Crippen molar-refractivity contribution in [3.05, 3.63) is 0 Å². The van der Waals surface area contributed by atoms with E-state index in [4.69, 9.17) is 0 Å². The van der Waals surface area contributed by atoms with Gasteiger partial charge in [0.2, 0.25) is 0 Å². The van der Waals surface area contributed by atoms with Crippen LogP contribution in [0.5, 0.6) is 0 Å². The standard InChI is InChI=1S/C26H44O3/c1-18(2)7-5-6-8-19-9-10-22-21(13-16-27)23(12-15-25(19,22)3)26(4)14-11-20(28)17-24(26)29/h16,18-23,28H,5-15,17H2,1-4H3/t19?,20-,21?,22?,23?,25+,26+/m0/s1. The fourth-order valence-electron chi connectivity index (χ4n) is 7.59. The number of aldehydes is 1. The molecule has 0 radical (unpaired) electrons. The Balaban J connectivity index is 1.73. The average Bonchev–Trinajstić information content (AvgIpc) is 2.99. The molecular weight excluding hydrogens is 360 g/mol. The third kappa shape index (κ3) is 4.50. The number of aliphatic hydroxyl groups excluding tert-OH is 1. The van der Waals surface area contributed by atoms with Crippen molar-refractivity contribution < 1.29 is 14.7 Å². The lowest BCUT2D eigenvalue weighted by Crippen LogP contribution is -2.51. The minimum absolute atomic E-state index is 0.240. The smallest absolute Gasteiger partial charge is 0.141 e. The quantitative estimate of drug-likeness (QED) is 0.400. The summed E-state index contributed by atoms with van der Waals surface area (Å²) in [5.74, 6) is 3.05. The van der Waals surface area contributed by atoms with Crippen molar-refractivity contribution in [2.24, 2.45) is 40.4 Å². The zero-order valence-electron chi connectivity index (χ0n) is 19.3. The Morgan fingerprint density at radius 1 is 1.07 bits per heavy atom. The van der Waals surface area contributed by atoms with Crippen LogP contribution < -0.4 is 0 Å². The summed E-state index contributed by atoms with van der Waals surface area (Å²) in [6.45, 7) is 9.26. The molecule has 0 aliphatic heterocycles. The zero-order chi connectivity index (χ0) is 21.2. The van der Waals surface area contributed by atoms with Gasteiger partial charge in [-0.1, -0.05) is 47.0 Å². The lowest BCUT2D eigenvalue weighted by Gasteiger charge is -2.54. The highest BCUT2D eigenvalue weighted by Gasteiger charge is 2.58. The van der Waals surface area contributed by atoms with E-state index in [9.17, 15) is 14.7 Å². The molecule has 0 heterocycles. The zero-order valence-corrected chi connectivity index (χ0v) is 19.3. The molecule has 3 saturated carbocycles. The number of Topliss-reactive ketones (excluding diaryl/α,β-unsaturated/α-hetero) is 1. The van der Waals surface area contributed by atoms with Crippen molar-refractivity contribution >= 4 is 12.1 Å². The van der Waals surface area contributed by atoms with Crippen LogP contribution in [0.25, 0.3) is 0 Å². The maximum Gasteiger partial charge on any atom is 0.141 e. The lowest BCUT2D eigenvalue weighted by molar-refractivity contribution is -0.145. The third-order valence-corrected chi connectivity index (χ3v) is 9.46. The highest BCUT2D eigenvalue weighted by atomic mass is 16.3. The number of unbranched alkanes of at least 4 members (excludes halogenated alkanes) is 1. The molecule has 3 aliphatic rings. The lowest BCUT2D eigenvalue weighted by atomic mass is 9.50. The molecule has 3 rings (SSSR count). The van der Waals surface area contributed by atoms with Crippen LogP contribution in [0.2, 0.25) is 0 Å². The molecule has 3 heteroatoms. The first-order chi connectivity index (χ1) is 13.7. The van der Waals surface area contributed by atoms with Gasteiger partial charge in [0.1, 0.15) is 12.1 Å². The molecule has 3 fully saturated rings. The van der Waals surface area contributed by atoms with E-state index in [-0.39, 0.29) is 11.2 Å². The van der Waals surface area contributed by atoms with Crippen molar-refractivity contribution in [3.8, 4) is 0 Å². The molecule has 4 unspecified atom stereocenters. The largest absolute Gasteiger partial charge is 0.393 e. The minimum atomic E-state index is -0.462. The number of rotatable bonds is 8. The molecule has 0 saturated heterocycles. The molecule has 0 amide bonds. The van der Waals surface area contributed by atoms with Crippen LogP contribution in [-0.2, 0) is 9.59 Å². The van der Waals surface area contributed by atoms with Crippen molar-refractivity contribution in [2.45, 2.75) is 111 Å². The maximum atomic E-state index is 13.0. The predicted octanol–water partition coefficient (Wildman–Crippen LogP) is 5.97. The summed E-state index contributed by atoms with van der Waals surface area (Å²) >= 11 is 0. The Morgan fingerprint density at radius 2 is 1.83 bits per heavy atom. The first-order valence-electron chi connectivity index (χ1n) is 12.4. The second-order valence-electron chi connectivity index (χ2n) is 11.5. The topological polar surface area (TPSA) is 54.4 Å². The van der Waals surface area contributed by atoms with Gasteiger partial charge in [-0.05, 0) is 80.0 Å². The molecule has 1 N–H and O–H groups in total. The SMILES string of the molecule is CC(C)CCCCC1CCC2C(CC=O)C([C@@]3(C)CC[C@H](O)CC3=O)CC[C@]12C. The molecule has 0 aromatic carbocycles. The van der Waals surface area contributed by atoms with Crippen LogP contribution in [0.1, 0.15) is 105 Å². The number of hydrogen-bond donors (Lipinski definition) is 1. The fraction of sp³-hybridized carbons (Fsp3) is 0.923. The van der Waals surface area contributed by atoms with E-state index in [0.717, 1.165) is 37.4 Å². The summed E-state index contributed by atoms with van der Waals surface area (Å²) in [5.41, 5.74) is -0.000810. The first-order valence-corrected chi connectivity index (χ1v) is 12.4. The Morgan fingerprint density at radius 3 is 2.48 bits per heavy atom. The van der Waals surface area contributed by atoms with Gasteiger partial charge in [-0.2, -0.15) is 0 Å². The van der Waals surface area contributed by atoms with Gasteiger partial charge in [0.15, 0.2) is 0 Å². The van der Waals surface area contributed by atoms with E-state index >= 15 is 0 Å². The minimum Gasteiger partial charge on any atom is -0.393 e. The van der Waals surface area contributed by atoms with Crippen LogP contribution in [0, 0.1) is 40.4 Å². The summed E-state index contributed by atoms with van der Waals surface area (Å²) in [5, 5.41) is 9.97. The Labute approximate surface area is 178 Å². The van der Waals surface area contributed by atoms with E-state index in [1.54, 1.807) is 0 Å². The molecule has 29 heavy (non-hydrogen) atoms. The molecule has 7 atom stereocenters. The van der Waals surface area contributed by atoms with E-state index in [2.05, 4.69) is 27.7 Å². The van der Waals surface area contributed by atoms with Gasteiger partial charge >= 0.3 is 0 Å². The van der Waals surface area contributed by atoms with Gasteiger partial charge in [0, 0.05) is 18.3 Å². The summed E-state index contributed by atoms with van der Waals surface area (Å²) < 4.78 is 0. The Hall–Kier alpha value is -0.700. The van der Waals surface area contributed by atoms with E-state index in [1.807, 2.05) is 0 Å². The van der Waals surface area contributed by atoms with Crippen LogP contribution in [0.15, 0.2) is 0 Å². The monoisotopic (exact) mass is 404 g/mol. The number of carbonyl (C=O) groups is 2. The van der Waals surface area contributed by atoms with Crippen LogP contribution >= 0.6 is 0 Å². The van der Waals surface area contributed by atoms with Crippen molar-refractivity contribution in [3.63, 3.8) is 0 Å². The third-order valence-electron chi connectivity index (χ3n) is 9.46. The molecule has 3 aliphatic carbocycles. The molecule has 0 aromatic rings. The second-order valence-corrected chi connectivity index (χ2v) is 11.5. The Bertz CT molecular complexity index is 585. The van der Waals surface area contributed by atoms with Crippen molar-refractivity contribution in [2.75, 3.05) is 0 Å². The number of carbonyl (C=O) groups excluding carboxylic acids is 2. The molecule has 0 aromatic heterocycles. The highest BCUT2D eigenvalue weighted by molar-refractivity contribution is 5.86. The summed E-state index contributed by atoms with van der Waals surface area (Å²) in [4.78, 5) is 24.7. The molecule has 0 bridgehead atoms. The molecule has 0 spiro atoms. The van der Waals surface area contributed by atoms with Gasteiger partial charge in [-0.15, -0.1) is 0 Å². The summed E-state index contributed by atoms with van der Waals surface area (Å²) in [6.07, 6.45) is 13.2. The summed E-state index contributed by atoms with van der Waals surface area (Å²) in [7, 11) is 0. The molecule has 166 valence electrons. The second kappa shape index (κ2) is 9.20. The fourth-order valence-corrected chi connectivity index (χ4v) is 7.59. The van der Waals surface area contributed by atoms with E-state index in [0.29, 0.717) is 36.0 Å². The van der Waals surface area contributed by atoms with Crippen LogP contribution in [0.3, 0.4) is 0 Å². The van der Waals surface area contributed by atoms with Crippen molar-refractivity contribution in [1.82, 2.24) is 0 Å². The van der Waals surface area contributed by atoms with Crippen LogP contribution in [0.4, 0.5) is 0 Å². The van der Waals surface area contributed by atoms with Crippen LogP contribution in [-0.4, -0.2) is 23.3 Å². The first kappa shape index (κ1) is 23.0. The maximum absolute atomic E-state index is 13.0. The summed E-state index contributed by atoms with van der Waals surface area (Å²) in [6, 6.07) is 0. The molecule has 3 nitrogen and oxygen atoms in total. The highest BCUT2D eigenvalue weighted by Crippen LogP contribution is 2.64. The van der Waals surface area contributed by atoms with Gasteiger partial charge in [-0.3, -0.25) is 4.79 Å². The van der Waals surface area contributed by atoms with Gasteiger partial charge in [-0.25, -0.2) is 0 Å². The predicted molar refractivity (Wildman–Crippen MR) is 117 cm³/mol. The number of ketones is 1. The van der Waals surface area contributed by atoms with Crippen molar-refractivity contribution in [1.29, 1.82) is 0 Å². The van der Waals surface area contributed by atoms with Gasteiger partial charge in [0.25, 0.3) is 0 Å². The Kier molecular flexibility index (Phi) is 7.29. The van der Waals surface area contributed by atoms with Gasteiger partial charge in [0.05, 0.1) is 6.10 Å². The number of aliphatic hydroxyl groups is 1. The normalized spacial score (nSPS) is 42.8. The number of fused-ring (bicyclic) bond motifs is 1. The number of hydrogen-bond acceptors (Lipinski definition) is 3. The van der Waals surface area contributed by atoms with E-state index < -0.39 is 6.10 Å².